The minimum Gasteiger partial charge on any atom is -0.497 e. The maximum atomic E-state index is 6.26. The molecule has 0 amide bonds. The minimum absolute atomic E-state index is 0.779. The Labute approximate surface area is 115 Å². The van der Waals surface area contributed by atoms with E-state index in [0.717, 1.165) is 31.9 Å². The van der Waals surface area contributed by atoms with Crippen LogP contribution in [0.4, 0.5) is 11.4 Å². The molecule has 0 saturated carbocycles. The van der Waals surface area contributed by atoms with Crippen LogP contribution in [0.3, 0.4) is 0 Å². The van der Waals surface area contributed by atoms with Gasteiger partial charge in [0.25, 0.3) is 0 Å². The SMILES string of the molecule is COc1ccc2c(c1)Sc1c(Cl)ccc(C)c1N2. The number of benzene rings is 2. The van der Waals surface area contributed by atoms with Crippen LogP contribution in [0.2, 0.25) is 5.02 Å². The van der Waals surface area contributed by atoms with E-state index in [4.69, 9.17) is 16.3 Å². The zero-order valence-corrected chi connectivity index (χ0v) is 11.7. The highest BCUT2D eigenvalue weighted by Gasteiger charge is 2.20. The van der Waals surface area contributed by atoms with Crippen molar-refractivity contribution in [2.45, 2.75) is 16.7 Å². The summed E-state index contributed by atoms with van der Waals surface area (Å²) in [5.74, 6) is 0.857. The van der Waals surface area contributed by atoms with Crippen molar-refractivity contribution < 1.29 is 4.74 Å². The molecule has 2 nitrogen and oxygen atoms in total. The first kappa shape index (κ1) is 11.8. The number of hydrogen-bond acceptors (Lipinski definition) is 3. The number of anilines is 2. The first-order valence-electron chi connectivity index (χ1n) is 5.61. The molecule has 2 aromatic rings. The fraction of sp³-hybridized carbons (Fsp3) is 0.143. The Morgan fingerprint density at radius 1 is 1.22 bits per heavy atom. The normalized spacial score (nSPS) is 12.4. The van der Waals surface area contributed by atoms with Crippen LogP contribution in [-0.4, -0.2) is 7.11 Å². The van der Waals surface area contributed by atoms with Crippen LogP contribution in [0.15, 0.2) is 40.1 Å². The number of fused-ring (bicyclic) bond motifs is 2. The van der Waals surface area contributed by atoms with Crippen molar-refractivity contribution in [3.63, 3.8) is 0 Å². The number of ether oxygens (including phenoxy) is 1. The third kappa shape index (κ3) is 1.84. The molecule has 3 rings (SSSR count). The maximum Gasteiger partial charge on any atom is 0.120 e. The lowest BCUT2D eigenvalue weighted by atomic mass is 10.2. The van der Waals surface area contributed by atoms with Crippen molar-refractivity contribution in [3.8, 4) is 5.75 Å². The summed E-state index contributed by atoms with van der Waals surface area (Å²) in [6, 6.07) is 9.98. The molecule has 2 aromatic carbocycles. The predicted molar refractivity (Wildman–Crippen MR) is 76.6 cm³/mol. The molecular weight excluding hydrogens is 266 g/mol. The Morgan fingerprint density at radius 3 is 2.83 bits per heavy atom. The van der Waals surface area contributed by atoms with Crippen molar-refractivity contribution >= 4 is 34.7 Å². The molecule has 18 heavy (non-hydrogen) atoms. The third-order valence-electron chi connectivity index (χ3n) is 2.98. The van der Waals surface area contributed by atoms with Gasteiger partial charge < -0.3 is 10.1 Å². The zero-order valence-electron chi connectivity index (χ0n) is 10.1. The minimum atomic E-state index is 0.779. The van der Waals surface area contributed by atoms with Crippen molar-refractivity contribution in [1.29, 1.82) is 0 Å². The van der Waals surface area contributed by atoms with Gasteiger partial charge >= 0.3 is 0 Å². The average molecular weight is 278 g/mol. The topological polar surface area (TPSA) is 21.3 Å². The highest BCUT2D eigenvalue weighted by molar-refractivity contribution is 7.99. The Hall–Kier alpha value is -1.32. The van der Waals surface area contributed by atoms with E-state index in [2.05, 4.69) is 12.2 Å². The molecule has 0 unspecified atom stereocenters. The van der Waals surface area contributed by atoms with Crippen molar-refractivity contribution in [3.05, 3.63) is 40.9 Å². The summed E-state index contributed by atoms with van der Waals surface area (Å²) in [6.07, 6.45) is 0. The average Bonchev–Trinajstić information content (AvgIpc) is 2.41. The van der Waals surface area contributed by atoms with E-state index >= 15 is 0 Å². The van der Waals surface area contributed by atoms with Gasteiger partial charge in [-0.25, -0.2) is 0 Å². The molecule has 1 aliphatic rings. The summed E-state index contributed by atoms with van der Waals surface area (Å²) in [7, 11) is 1.67. The van der Waals surface area contributed by atoms with Gasteiger partial charge in [-0.2, -0.15) is 0 Å². The number of hydrogen-bond donors (Lipinski definition) is 1. The Bertz CT molecular complexity index is 627. The lowest BCUT2D eigenvalue weighted by Crippen LogP contribution is -2.02. The molecule has 1 heterocycles. The predicted octanol–water partition coefficient (Wildman–Crippen LogP) is 4.87. The van der Waals surface area contributed by atoms with E-state index in [-0.39, 0.29) is 0 Å². The fourth-order valence-corrected chi connectivity index (χ4v) is 3.35. The molecule has 0 aromatic heterocycles. The molecule has 0 saturated heterocycles. The Kier molecular flexibility index (Phi) is 2.88. The van der Waals surface area contributed by atoms with Crippen LogP contribution >= 0.6 is 23.4 Å². The van der Waals surface area contributed by atoms with Gasteiger partial charge in [0.05, 0.1) is 28.4 Å². The highest BCUT2D eigenvalue weighted by atomic mass is 35.5. The smallest absolute Gasteiger partial charge is 0.120 e. The Balaban J connectivity index is 2.11. The number of halogens is 1. The van der Waals surface area contributed by atoms with E-state index in [1.807, 2.05) is 30.3 Å². The maximum absolute atomic E-state index is 6.26. The zero-order chi connectivity index (χ0) is 12.7. The number of methoxy groups -OCH3 is 1. The molecule has 0 spiro atoms. The van der Waals surface area contributed by atoms with Gasteiger partial charge in [0.1, 0.15) is 5.75 Å². The summed E-state index contributed by atoms with van der Waals surface area (Å²) in [5, 5.41) is 4.22. The molecule has 1 aliphatic heterocycles. The summed E-state index contributed by atoms with van der Waals surface area (Å²) >= 11 is 7.94. The molecule has 0 fully saturated rings. The van der Waals surface area contributed by atoms with E-state index in [0.29, 0.717) is 0 Å². The summed E-state index contributed by atoms with van der Waals surface area (Å²) in [6.45, 7) is 2.08. The summed E-state index contributed by atoms with van der Waals surface area (Å²) in [4.78, 5) is 2.21. The molecule has 4 heteroatoms. The largest absolute Gasteiger partial charge is 0.497 e. The van der Waals surface area contributed by atoms with E-state index < -0.39 is 0 Å². The van der Waals surface area contributed by atoms with Crippen molar-refractivity contribution in [1.82, 2.24) is 0 Å². The van der Waals surface area contributed by atoms with Crippen LogP contribution in [0, 0.1) is 6.92 Å². The lowest BCUT2D eigenvalue weighted by molar-refractivity contribution is 0.414. The van der Waals surface area contributed by atoms with Gasteiger partial charge in [0.15, 0.2) is 0 Å². The molecule has 0 atom stereocenters. The first-order valence-corrected chi connectivity index (χ1v) is 6.80. The van der Waals surface area contributed by atoms with E-state index in [1.165, 1.54) is 5.56 Å². The molecule has 0 radical (unpaired) electrons. The molecule has 0 aliphatic carbocycles. The number of rotatable bonds is 1. The second kappa shape index (κ2) is 4.41. The number of nitrogens with one attached hydrogen (secondary N) is 1. The summed E-state index contributed by atoms with van der Waals surface area (Å²) in [5.41, 5.74) is 3.40. The van der Waals surface area contributed by atoms with Crippen LogP contribution in [-0.2, 0) is 0 Å². The van der Waals surface area contributed by atoms with Crippen molar-refractivity contribution in [2.24, 2.45) is 0 Å². The van der Waals surface area contributed by atoms with Gasteiger partial charge in [-0.05, 0) is 36.8 Å². The van der Waals surface area contributed by atoms with E-state index in [9.17, 15) is 0 Å². The standard InChI is InChI=1S/C14H12ClNOS/c1-8-3-5-10(15)14-13(8)16-11-6-4-9(17-2)7-12(11)18-14/h3-7,16H,1-2H3. The number of aryl methyl sites for hydroxylation is 1. The fourth-order valence-electron chi connectivity index (χ4n) is 1.97. The van der Waals surface area contributed by atoms with Gasteiger partial charge in [-0.3, -0.25) is 0 Å². The van der Waals surface area contributed by atoms with E-state index in [1.54, 1.807) is 18.9 Å². The quantitative estimate of drug-likeness (QED) is 0.686. The molecule has 1 N–H and O–H groups in total. The highest BCUT2D eigenvalue weighted by Crippen LogP contribution is 2.49. The van der Waals surface area contributed by atoms with Gasteiger partial charge in [-0.1, -0.05) is 29.4 Å². The van der Waals surface area contributed by atoms with Crippen LogP contribution in [0.25, 0.3) is 0 Å². The Morgan fingerprint density at radius 2 is 2.06 bits per heavy atom. The van der Waals surface area contributed by atoms with Crippen molar-refractivity contribution in [2.75, 3.05) is 12.4 Å². The van der Waals surface area contributed by atoms with Gasteiger partial charge in [0.2, 0.25) is 0 Å². The second-order valence-electron chi connectivity index (χ2n) is 4.16. The summed E-state index contributed by atoms with van der Waals surface area (Å²) < 4.78 is 5.25. The molecular formula is C14H12ClNOS. The van der Waals surface area contributed by atoms with Gasteiger partial charge in [-0.15, -0.1) is 0 Å². The second-order valence-corrected chi connectivity index (χ2v) is 5.62. The van der Waals surface area contributed by atoms with Gasteiger partial charge in [0, 0.05) is 4.90 Å². The van der Waals surface area contributed by atoms with Crippen LogP contribution < -0.4 is 10.1 Å². The monoisotopic (exact) mass is 277 g/mol. The molecule has 0 bridgehead atoms. The van der Waals surface area contributed by atoms with Crippen LogP contribution in [0.1, 0.15) is 5.56 Å². The lowest BCUT2D eigenvalue weighted by Gasteiger charge is -2.23. The van der Waals surface area contributed by atoms with Crippen LogP contribution in [0.5, 0.6) is 5.75 Å². The molecule has 92 valence electrons. The third-order valence-corrected chi connectivity index (χ3v) is 4.59. The first-order chi connectivity index (χ1) is 8.69.